The smallest absolute Gasteiger partial charge is 0.248 e. The van der Waals surface area contributed by atoms with Gasteiger partial charge in [0.2, 0.25) is 11.8 Å². The van der Waals surface area contributed by atoms with Crippen LogP contribution in [0.4, 0.5) is 0 Å². The molecule has 0 bridgehead atoms. The van der Waals surface area contributed by atoms with E-state index in [1.54, 1.807) is 18.7 Å². The van der Waals surface area contributed by atoms with Crippen molar-refractivity contribution in [1.29, 1.82) is 0 Å². The molecule has 2 unspecified atom stereocenters. The maximum Gasteiger partial charge on any atom is 0.248 e. The summed E-state index contributed by atoms with van der Waals surface area (Å²) < 4.78 is 5.73. The van der Waals surface area contributed by atoms with Gasteiger partial charge in [-0.15, -0.1) is 0 Å². The van der Waals surface area contributed by atoms with Gasteiger partial charge in [-0.3, -0.25) is 9.59 Å². The highest BCUT2D eigenvalue weighted by Gasteiger charge is 2.45. The molecule has 0 aromatic carbocycles. The number of ether oxygens (including phenoxy) is 1. The minimum Gasteiger partial charge on any atom is -0.376 e. The molecule has 0 saturated carbocycles. The van der Waals surface area contributed by atoms with E-state index < -0.39 is 5.54 Å². The van der Waals surface area contributed by atoms with Crippen molar-refractivity contribution >= 4 is 11.8 Å². The lowest BCUT2D eigenvalue weighted by atomic mass is 9.94. The molecule has 2 heterocycles. The van der Waals surface area contributed by atoms with Gasteiger partial charge in [-0.05, 0) is 39.5 Å². The number of piperazine rings is 1. The highest BCUT2D eigenvalue weighted by Crippen LogP contribution is 2.23. The van der Waals surface area contributed by atoms with E-state index in [1.807, 2.05) is 6.92 Å². The molecule has 1 N–H and O–H groups in total. The van der Waals surface area contributed by atoms with Gasteiger partial charge in [-0.2, -0.15) is 0 Å². The molecule has 2 rings (SSSR count). The van der Waals surface area contributed by atoms with Crippen molar-refractivity contribution in [1.82, 2.24) is 10.2 Å². The van der Waals surface area contributed by atoms with Gasteiger partial charge in [0.15, 0.2) is 0 Å². The van der Waals surface area contributed by atoms with Crippen LogP contribution in [0.15, 0.2) is 0 Å². The van der Waals surface area contributed by atoms with Crippen molar-refractivity contribution in [2.75, 3.05) is 13.2 Å². The fourth-order valence-corrected chi connectivity index (χ4v) is 3.03. The number of carbonyl (C=O) groups excluding carboxylic acids is 2. The Morgan fingerprint density at radius 2 is 2.10 bits per heavy atom. The summed E-state index contributed by atoms with van der Waals surface area (Å²) in [5, 5.41) is 2.84. The van der Waals surface area contributed by atoms with E-state index in [1.165, 1.54) is 0 Å². The summed E-state index contributed by atoms with van der Waals surface area (Å²) in [4.78, 5) is 26.6. The normalized spacial score (nSPS) is 30.2. The van der Waals surface area contributed by atoms with Crippen LogP contribution in [0, 0.1) is 0 Å². The summed E-state index contributed by atoms with van der Waals surface area (Å²) in [6.45, 7) is 6.88. The Morgan fingerprint density at radius 1 is 1.35 bits per heavy atom. The minimum atomic E-state index is -0.810. The zero-order valence-electron chi connectivity index (χ0n) is 12.8. The van der Waals surface area contributed by atoms with Crippen LogP contribution in [0.1, 0.15) is 52.9 Å². The minimum absolute atomic E-state index is 0.00437. The van der Waals surface area contributed by atoms with E-state index in [9.17, 15) is 9.59 Å². The Morgan fingerprint density at radius 3 is 2.70 bits per heavy atom. The lowest BCUT2D eigenvalue weighted by Gasteiger charge is -2.44. The highest BCUT2D eigenvalue weighted by molar-refractivity contribution is 5.99. The maximum atomic E-state index is 12.6. The molecule has 0 radical (unpaired) electrons. The number of hydrogen-bond donors (Lipinski definition) is 1. The Labute approximate surface area is 121 Å². The van der Waals surface area contributed by atoms with E-state index in [0.29, 0.717) is 13.0 Å². The van der Waals surface area contributed by atoms with Gasteiger partial charge in [0.05, 0.1) is 6.10 Å². The van der Waals surface area contributed by atoms with Crippen molar-refractivity contribution in [3.05, 3.63) is 0 Å². The third-order valence-electron chi connectivity index (χ3n) is 4.15. The van der Waals surface area contributed by atoms with E-state index in [4.69, 9.17) is 4.74 Å². The van der Waals surface area contributed by atoms with Crippen LogP contribution in [0.2, 0.25) is 0 Å². The third kappa shape index (κ3) is 3.14. The second-order valence-electron chi connectivity index (χ2n) is 6.36. The fourth-order valence-electron chi connectivity index (χ4n) is 3.03. The molecule has 2 aliphatic heterocycles. The molecule has 2 saturated heterocycles. The van der Waals surface area contributed by atoms with E-state index in [2.05, 4.69) is 5.32 Å². The average molecular weight is 282 g/mol. The van der Waals surface area contributed by atoms with Gasteiger partial charge < -0.3 is 15.0 Å². The van der Waals surface area contributed by atoms with Crippen molar-refractivity contribution in [3.63, 3.8) is 0 Å². The number of amides is 2. The maximum absolute atomic E-state index is 12.6. The largest absolute Gasteiger partial charge is 0.376 e. The molecule has 0 spiro atoms. The van der Waals surface area contributed by atoms with Crippen molar-refractivity contribution < 1.29 is 14.3 Å². The van der Waals surface area contributed by atoms with Crippen LogP contribution in [-0.2, 0) is 14.3 Å². The molecular formula is C15H26N2O3. The van der Waals surface area contributed by atoms with E-state index in [0.717, 1.165) is 32.3 Å². The summed E-state index contributed by atoms with van der Waals surface area (Å²) in [6, 6.07) is -0.342. The second-order valence-corrected chi connectivity index (χ2v) is 6.36. The van der Waals surface area contributed by atoms with E-state index in [-0.39, 0.29) is 24.0 Å². The molecule has 0 aliphatic carbocycles. The summed E-state index contributed by atoms with van der Waals surface area (Å²) in [7, 11) is 0. The molecule has 20 heavy (non-hydrogen) atoms. The molecule has 2 fully saturated rings. The molecule has 2 atom stereocenters. The lowest BCUT2D eigenvalue weighted by molar-refractivity contribution is -0.156. The standard InChI is InChI=1S/C15H26N2O3/c1-4-7-12-13(18)16-15(2,3)14(19)17(12)10-11-8-5-6-9-20-11/h11-12H,4-10H2,1-3H3,(H,16,18). The Bertz CT molecular complexity index is 375. The number of nitrogens with zero attached hydrogens (tertiary/aromatic N) is 1. The average Bonchev–Trinajstić information content (AvgIpc) is 2.41. The van der Waals surface area contributed by atoms with Crippen molar-refractivity contribution in [3.8, 4) is 0 Å². The second kappa shape index (κ2) is 6.12. The predicted octanol–water partition coefficient (Wildman–Crippen LogP) is 1.46. The SMILES string of the molecule is CCCC1C(=O)NC(C)(C)C(=O)N1CC1CCCCO1. The first kappa shape index (κ1) is 15.3. The Balaban J connectivity index is 2.13. The monoisotopic (exact) mass is 282 g/mol. The van der Waals surface area contributed by atoms with E-state index >= 15 is 0 Å². The van der Waals surface area contributed by atoms with Crippen LogP contribution in [0.5, 0.6) is 0 Å². The molecule has 2 amide bonds. The molecule has 114 valence electrons. The highest BCUT2D eigenvalue weighted by atomic mass is 16.5. The van der Waals surface area contributed by atoms with Crippen LogP contribution in [-0.4, -0.2) is 47.6 Å². The fraction of sp³-hybridized carbons (Fsp3) is 0.867. The summed E-state index contributed by atoms with van der Waals surface area (Å²) in [6.07, 6.45) is 4.88. The van der Waals surface area contributed by atoms with Gasteiger partial charge >= 0.3 is 0 Å². The van der Waals surface area contributed by atoms with Crippen LogP contribution in [0.25, 0.3) is 0 Å². The molecule has 5 heteroatoms. The quantitative estimate of drug-likeness (QED) is 0.849. The first-order valence-corrected chi connectivity index (χ1v) is 7.70. The molecule has 0 aromatic heterocycles. The van der Waals surface area contributed by atoms with Gasteiger partial charge in [-0.25, -0.2) is 0 Å². The first-order chi connectivity index (χ1) is 9.45. The first-order valence-electron chi connectivity index (χ1n) is 7.70. The number of hydrogen-bond acceptors (Lipinski definition) is 3. The lowest BCUT2D eigenvalue weighted by Crippen LogP contribution is -2.69. The van der Waals surface area contributed by atoms with Gasteiger partial charge in [-0.1, -0.05) is 13.3 Å². The van der Waals surface area contributed by atoms with Gasteiger partial charge in [0.1, 0.15) is 11.6 Å². The van der Waals surface area contributed by atoms with Crippen LogP contribution in [0.3, 0.4) is 0 Å². The predicted molar refractivity (Wildman–Crippen MR) is 76.2 cm³/mol. The number of nitrogens with one attached hydrogen (secondary N) is 1. The summed E-state index contributed by atoms with van der Waals surface area (Å²) in [5.74, 6) is -0.0306. The zero-order chi connectivity index (χ0) is 14.8. The van der Waals surface area contributed by atoms with Gasteiger partial charge in [0.25, 0.3) is 0 Å². The molecule has 5 nitrogen and oxygen atoms in total. The van der Waals surface area contributed by atoms with Crippen molar-refractivity contribution in [2.45, 2.75) is 70.6 Å². The number of rotatable bonds is 4. The summed E-state index contributed by atoms with van der Waals surface area (Å²) in [5.41, 5.74) is -0.810. The van der Waals surface area contributed by atoms with Crippen molar-refractivity contribution in [2.24, 2.45) is 0 Å². The van der Waals surface area contributed by atoms with Crippen LogP contribution < -0.4 is 5.32 Å². The summed E-state index contributed by atoms with van der Waals surface area (Å²) >= 11 is 0. The molecule has 0 aromatic rings. The topological polar surface area (TPSA) is 58.6 Å². The Hall–Kier alpha value is -1.10. The molecule has 2 aliphatic rings. The molecular weight excluding hydrogens is 256 g/mol. The zero-order valence-corrected chi connectivity index (χ0v) is 12.8. The van der Waals surface area contributed by atoms with Gasteiger partial charge in [0, 0.05) is 13.2 Å². The third-order valence-corrected chi connectivity index (χ3v) is 4.15. The Kier molecular flexibility index (Phi) is 4.68. The number of carbonyl (C=O) groups is 2. The van der Waals surface area contributed by atoms with Crippen LogP contribution >= 0.6 is 0 Å².